The first kappa shape index (κ1) is 7.92. The second-order valence-corrected chi connectivity index (χ2v) is 2.81. The van der Waals surface area contributed by atoms with Gasteiger partial charge in [-0.1, -0.05) is 6.58 Å². The zero-order valence-electron chi connectivity index (χ0n) is 7.41. The van der Waals surface area contributed by atoms with Crippen LogP contribution in [-0.4, -0.2) is 7.11 Å². The molecule has 1 aromatic rings. The fourth-order valence-electron chi connectivity index (χ4n) is 1.23. The van der Waals surface area contributed by atoms with Crippen molar-refractivity contribution >= 4 is 6.08 Å². The maximum Gasteiger partial charge on any atom is 0.134 e. The Bertz CT molecular complexity index is 378. The summed E-state index contributed by atoms with van der Waals surface area (Å²) in [6, 6.07) is 5.67. The van der Waals surface area contributed by atoms with E-state index in [0.717, 1.165) is 17.1 Å². The molecular formula is C11H10O2. The number of methoxy groups -OCH3 is 1. The summed E-state index contributed by atoms with van der Waals surface area (Å²) >= 11 is 0. The van der Waals surface area contributed by atoms with Crippen molar-refractivity contribution in [3.05, 3.63) is 42.2 Å². The van der Waals surface area contributed by atoms with Gasteiger partial charge in [0.05, 0.1) is 7.11 Å². The summed E-state index contributed by atoms with van der Waals surface area (Å²) in [4.78, 5) is 0. The summed E-state index contributed by atoms with van der Waals surface area (Å²) in [5, 5.41) is 0. The molecule has 0 bridgehead atoms. The molecule has 2 rings (SSSR count). The number of hydrogen-bond donors (Lipinski definition) is 0. The third-order valence-corrected chi connectivity index (χ3v) is 1.91. The van der Waals surface area contributed by atoms with Gasteiger partial charge in [-0.2, -0.15) is 0 Å². The minimum absolute atomic E-state index is 0.665. The Kier molecular flexibility index (Phi) is 1.81. The van der Waals surface area contributed by atoms with Gasteiger partial charge in [-0.25, -0.2) is 0 Å². The van der Waals surface area contributed by atoms with Gasteiger partial charge in [0.25, 0.3) is 0 Å². The Morgan fingerprint density at radius 3 is 2.92 bits per heavy atom. The van der Waals surface area contributed by atoms with Crippen LogP contribution in [0.1, 0.15) is 5.56 Å². The van der Waals surface area contributed by atoms with Crippen LogP contribution in [-0.2, 0) is 0 Å². The van der Waals surface area contributed by atoms with Gasteiger partial charge in [-0.05, 0) is 30.4 Å². The van der Waals surface area contributed by atoms with Crippen LogP contribution in [0.15, 0.2) is 36.6 Å². The van der Waals surface area contributed by atoms with Crippen LogP contribution in [0, 0.1) is 0 Å². The van der Waals surface area contributed by atoms with Crippen LogP contribution >= 0.6 is 0 Å². The molecule has 0 radical (unpaired) electrons. The Morgan fingerprint density at radius 2 is 2.15 bits per heavy atom. The zero-order valence-corrected chi connectivity index (χ0v) is 7.41. The Labute approximate surface area is 77.1 Å². The van der Waals surface area contributed by atoms with E-state index in [1.165, 1.54) is 0 Å². The molecule has 1 aliphatic heterocycles. The number of hydrogen-bond acceptors (Lipinski definition) is 2. The average molecular weight is 174 g/mol. The molecule has 0 unspecified atom stereocenters. The smallest absolute Gasteiger partial charge is 0.134 e. The summed E-state index contributed by atoms with van der Waals surface area (Å²) in [5.74, 6) is 2.32. The highest BCUT2D eigenvalue weighted by Gasteiger charge is 2.08. The highest BCUT2D eigenvalue weighted by Crippen LogP contribution is 2.29. The fraction of sp³-hybridized carbons (Fsp3) is 0.0909. The average Bonchev–Trinajstić information content (AvgIpc) is 2.17. The molecule has 0 aromatic heterocycles. The van der Waals surface area contributed by atoms with Crippen molar-refractivity contribution in [3.8, 4) is 11.5 Å². The van der Waals surface area contributed by atoms with Crippen LogP contribution in [0.5, 0.6) is 11.5 Å². The van der Waals surface area contributed by atoms with Crippen LogP contribution < -0.4 is 9.47 Å². The number of benzene rings is 1. The summed E-state index contributed by atoms with van der Waals surface area (Å²) in [5.41, 5.74) is 1.02. The second-order valence-electron chi connectivity index (χ2n) is 2.81. The van der Waals surface area contributed by atoms with Gasteiger partial charge in [-0.15, -0.1) is 0 Å². The fourth-order valence-corrected chi connectivity index (χ4v) is 1.23. The number of allylic oxidation sites excluding steroid dienone is 1. The summed E-state index contributed by atoms with van der Waals surface area (Å²) < 4.78 is 10.5. The van der Waals surface area contributed by atoms with Crippen LogP contribution in [0.3, 0.4) is 0 Å². The molecule has 0 saturated heterocycles. The van der Waals surface area contributed by atoms with Crippen LogP contribution in [0.2, 0.25) is 0 Å². The SMILES string of the molecule is C=C1C=Cc2cc(OC)ccc2O1. The maximum absolute atomic E-state index is 5.39. The molecule has 1 aliphatic rings. The zero-order chi connectivity index (χ0) is 9.26. The molecule has 0 saturated carbocycles. The second kappa shape index (κ2) is 2.98. The monoisotopic (exact) mass is 174 g/mol. The minimum Gasteiger partial charge on any atom is -0.497 e. The van der Waals surface area contributed by atoms with Gasteiger partial charge in [0.1, 0.15) is 17.3 Å². The largest absolute Gasteiger partial charge is 0.497 e. The third kappa shape index (κ3) is 1.43. The Morgan fingerprint density at radius 1 is 1.31 bits per heavy atom. The molecule has 0 amide bonds. The third-order valence-electron chi connectivity index (χ3n) is 1.91. The predicted octanol–water partition coefficient (Wildman–Crippen LogP) is 2.61. The van der Waals surface area contributed by atoms with Gasteiger partial charge < -0.3 is 9.47 Å². The molecule has 0 fully saturated rings. The molecule has 0 aliphatic carbocycles. The van der Waals surface area contributed by atoms with Gasteiger partial charge in [0, 0.05) is 5.56 Å². The van der Waals surface area contributed by atoms with Crippen LogP contribution in [0.25, 0.3) is 6.08 Å². The van der Waals surface area contributed by atoms with E-state index >= 15 is 0 Å². The van der Waals surface area contributed by atoms with E-state index in [-0.39, 0.29) is 0 Å². The van der Waals surface area contributed by atoms with E-state index in [1.54, 1.807) is 7.11 Å². The Hall–Kier alpha value is -1.70. The lowest BCUT2D eigenvalue weighted by Gasteiger charge is -2.14. The lowest BCUT2D eigenvalue weighted by Crippen LogP contribution is -1.97. The highest BCUT2D eigenvalue weighted by atomic mass is 16.5. The van der Waals surface area contributed by atoms with E-state index in [2.05, 4.69) is 6.58 Å². The van der Waals surface area contributed by atoms with E-state index in [9.17, 15) is 0 Å². The topological polar surface area (TPSA) is 18.5 Å². The molecule has 0 spiro atoms. The van der Waals surface area contributed by atoms with Crippen molar-refractivity contribution in [1.29, 1.82) is 0 Å². The normalized spacial score (nSPS) is 13.5. The Balaban J connectivity index is 2.45. The molecule has 66 valence electrons. The first-order chi connectivity index (χ1) is 6.29. The summed E-state index contributed by atoms with van der Waals surface area (Å²) in [7, 11) is 1.65. The summed E-state index contributed by atoms with van der Waals surface area (Å²) in [6.07, 6.45) is 3.80. The van der Waals surface area contributed by atoms with E-state index in [0.29, 0.717) is 5.76 Å². The van der Waals surface area contributed by atoms with Crippen molar-refractivity contribution in [3.63, 3.8) is 0 Å². The molecule has 0 N–H and O–H groups in total. The van der Waals surface area contributed by atoms with Gasteiger partial charge in [0.2, 0.25) is 0 Å². The molecule has 1 heterocycles. The lowest BCUT2D eigenvalue weighted by atomic mass is 10.1. The summed E-state index contributed by atoms with van der Waals surface area (Å²) in [6.45, 7) is 3.72. The van der Waals surface area contributed by atoms with Crippen molar-refractivity contribution in [1.82, 2.24) is 0 Å². The number of ether oxygens (including phenoxy) is 2. The van der Waals surface area contributed by atoms with E-state index in [1.807, 2.05) is 30.4 Å². The standard InChI is InChI=1S/C11H10O2/c1-8-3-4-9-7-10(12-2)5-6-11(9)13-8/h3-7H,1H2,2H3. The number of rotatable bonds is 1. The molecule has 1 aromatic carbocycles. The minimum atomic E-state index is 0.665. The number of fused-ring (bicyclic) bond motifs is 1. The van der Waals surface area contributed by atoms with Crippen molar-refractivity contribution in [2.75, 3.05) is 7.11 Å². The van der Waals surface area contributed by atoms with Crippen molar-refractivity contribution < 1.29 is 9.47 Å². The lowest BCUT2D eigenvalue weighted by molar-refractivity contribution is 0.410. The highest BCUT2D eigenvalue weighted by molar-refractivity contribution is 5.64. The quantitative estimate of drug-likeness (QED) is 0.651. The van der Waals surface area contributed by atoms with Crippen molar-refractivity contribution in [2.24, 2.45) is 0 Å². The van der Waals surface area contributed by atoms with E-state index in [4.69, 9.17) is 9.47 Å². The van der Waals surface area contributed by atoms with Crippen LogP contribution in [0.4, 0.5) is 0 Å². The molecule has 2 heteroatoms. The maximum atomic E-state index is 5.39. The first-order valence-corrected chi connectivity index (χ1v) is 4.02. The van der Waals surface area contributed by atoms with E-state index < -0.39 is 0 Å². The van der Waals surface area contributed by atoms with Crippen molar-refractivity contribution in [2.45, 2.75) is 0 Å². The first-order valence-electron chi connectivity index (χ1n) is 4.02. The van der Waals surface area contributed by atoms with Gasteiger partial charge >= 0.3 is 0 Å². The van der Waals surface area contributed by atoms with Gasteiger partial charge in [-0.3, -0.25) is 0 Å². The molecule has 2 nitrogen and oxygen atoms in total. The molecular weight excluding hydrogens is 164 g/mol. The molecule has 0 atom stereocenters. The van der Waals surface area contributed by atoms with Gasteiger partial charge in [0.15, 0.2) is 0 Å². The predicted molar refractivity (Wildman–Crippen MR) is 51.8 cm³/mol. The molecule has 13 heavy (non-hydrogen) atoms.